The molecule has 0 bridgehead atoms. The van der Waals surface area contributed by atoms with Gasteiger partial charge in [0, 0.05) is 24.5 Å². The smallest absolute Gasteiger partial charge is 0.122 e. The van der Waals surface area contributed by atoms with Crippen LogP contribution in [0, 0.1) is 0 Å². The molecule has 2 rings (SSSR count). The maximum Gasteiger partial charge on any atom is 0.122 e. The maximum absolute atomic E-state index is 5.82. The van der Waals surface area contributed by atoms with E-state index in [0.29, 0.717) is 6.54 Å². The number of ether oxygens (including phenoxy) is 1. The average molecular weight is 228 g/mol. The van der Waals surface area contributed by atoms with E-state index in [1.807, 2.05) is 49.5 Å². The Balaban J connectivity index is 2.05. The van der Waals surface area contributed by atoms with Gasteiger partial charge in [-0.25, -0.2) is 0 Å². The van der Waals surface area contributed by atoms with Crippen LogP contribution in [0.3, 0.4) is 0 Å². The number of aromatic nitrogens is 1. The molecule has 0 fully saturated rings. The van der Waals surface area contributed by atoms with Crippen molar-refractivity contribution in [1.82, 2.24) is 4.98 Å². The van der Waals surface area contributed by atoms with Gasteiger partial charge in [0.25, 0.3) is 0 Å². The highest BCUT2D eigenvalue weighted by atomic mass is 16.5. The second-order valence-electron chi connectivity index (χ2n) is 3.89. The predicted molar refractivity (Wildman–Crippen MR) is 67.6 cm³/mol. The highest BCUT2D eigenvalue weighted by Crippen LogP contribution is 2.21. The molecule has 88 valence electrons. The molecule has 1 aromatic heterocycles. The van der Waals surface area contributed by atoms with Crippen molar-refractivity contribution in [2.24, 2.45) is 5.73 Å². The quantitative estimate of drug-likeness (QED) is 0.875. The monoisotopic (exact) mass is 228 g/mol. The first kappa shape index (κ1) is 11.6. The lowest BCUT2D eigenvalue weighted by Crippen LogP contribution is -2.03. The molecule has 1 atom stereocenters. The standard InChI is InChI=1S/C14H16N2O/c1-11(13-3-2-8-16-10-13)17-14-6-4-12(9-15)5-7-14/h2-8,10-11H,9,15H2,1H3. The Morgan fingerprint density at radius 3 is 2.59 bits per heavy atom. The first-order valence-corrected chi connectivity index (χ1v) is 5.65. The molecule has 0 aliphatic rings. The fraction of sp³-hybridized carbons (Fsp3) is 0.214. The summed E-state index contributed by atoms with van der Waals surface area (Å²) < 4.78 is 5.82. The van der Waals surface area contributed by atoms with Crippen LogP contribution in [0.5, 0.6) is 5.75 Å². The minimum absolute atomic E-state index is 0.00701. The third-order valence-corrected chi connectivity index (χ3v) is 2.63. The zero-order valence-electron chi connectivity index (χ0n) is 9.84. The van der Waals surface area contributed by atoms with Crippen LogP contribution in [0.2, 0.25) is 0 Å². The summed E-state index contributed by atoms with van der Waals surface area (Å²) in [4.78, 5) is 4.08. The Morgan fingerprint density at radius 2 is 2.00 bits per heavy atom. The largest absolute Gasteiger partial charge is 0.486 e. The molecule has 0 aliphatic carbocycles. The molecule has 1 unspecified atom stereocenters. The predicted octanol–water partition coefficient (Wildman–Crippen LogP) is 2.68. The van der Waals surface area contributed by atoms with Crippen molar-refractivity contribution in [1.29, 1.82) is 0 Å². The first-order valence-electron chi connectivity index (χ1n) is 5.65. The third kappa shape index (κ3) is 3.04. The van der Waals surface area contributed by atoms with Gasteiger partial charge in [-0.05, 0) is 30.7 Å². The molecule has 2 N–H and O–H groups in total. The summed E-state index contributed by atoms with van der Waals surface area (Å²) >= 11 is 0. The summed E-state index contributed by atoms with van der Waals surface area (Å²) in [5.74, 6) is 0.846. The molecule has 1 aromatic carbocycles. The van der Waals surface area contributed by atoms with E-state index in [1.54, 1.807) is 6.20 Å². The average Bonchev–Trinajstić information content (AvgIpc) is 2.40. The number of rotatable bonds is 4. The van der Waals surface area contributed by atoms with Crippen LogP contribution < -0.4 is 10.5 Å². The van der Waals surface area contributed by atoms with Crippen molar-refractivity contribution in [3.05, 3.63) is 59.9 Å². The van der Waals surface area contributed by atoms with E-state index in [2.05, 4.69) is 4.98 Å². The van der Waals surface area contributed by atoms with Crippen LogP contribution in [0.15, 0.2) is 48.8 Å². The van der Waals surface area contributed by atoms with Gasteiger partial charge in [0.15, 0.2) is 0 Å². The van der Waals surface area contributed by atoms with Crippen LogP contribution in [-0.4, -0.2) is 4.98 Å². The van der Waals surface area contributed by atoms with Gasteiger partial charge in [-0.2, -0.15) is 0 Å². The summed E-state index contributed by atoms with van der Waals surface area (Å²) in [5, 5.41) is 0. The molecule has 0 aliphatic heterocycles. The number of nitrogens with zero attached hydrogens (tertiary/aromatic N) is 1. The summed E-state index contributed by atoms with van der Waals surface area (Å²) in [5.41, 5.74) is 7.71. The van der Waals surface area contributed by atoms with Crippen molar-refractivity contribution < 1.29 is 4.74 Å². The van der Waals surface area contributed by atoms with E-state index in [-0.39, 0.29) is 6.10 Å². The minimum Gasteiger partial charge on any atom is -0.486 e. The summed E-state index contributed by atoms with van der Waals surface area (Å²) in [6, 6.07) is 11.7. The van der Waals surface area contributed by atoms with Gasteiger partial charge in [0.2, 0.25) is 0 Å². The molecule has 3 nitrogen and oxygen atoms in total. The summed E-state index contributed by atoms with van der Waals surface area (Å²) in [6.45, 7) is 2.56. The Labute approximate surface area is 101 Å². The van der Waals surface area contributed by atoms with Crippen molar-refractivity contribution in [3.8, 4) is 5.75 Å². The van der Waals surface area contributed by atoms with Gasteiger partial charge in [0.1, 0.15) is 11.9 Å². The van der Waals surface area contributed by atoms with Gasteiger partial charge in [-0.15, -0.1) is 0 Å². The molecule has 0 amide bonds. The molecule has 0 saturated heterocycles. The normalized spacial score (nSPS) is 12.1. The molecule has 2 aromatic rings. The van der Waals surface area contributed by atoms with Crippen LogP contribution in [-0.2, 0) is 6.54 Å². The summed E-state index contributed by atoms with van der Waals surface area (Å²) in [7, 11) is 0. The number of benzene rings is 1. The Kier molecular flexibility index (Phi) is 3.73. The second kappa shape index (κ2) is 5.46. The first-order chi connectivity index (χ1) is 8.29. The molecule has 0 spiro atoms. The third-order valence-electron chi connectivity index (χ3n) is 2.63. The SMILES string of the molecule is CC(Oc1ccc(CN)cc1)c1cccnc1. The van der Waals surface area contributed by atoms with Crippen molar-refractivity contribution in [3.63, 3.8) is 0 Å². The Bertz CT molecular complexity index is 453. The zero-order valence-corrected chi connectivity index (χ0v) is 9.84. The Morgan fingerprint density at radius 1 is 1.24 bits per heavy atom. The lowest BCUT2D eigenvalue weighted by molar-refractivity contribution is 0.226. The number of nitrogens with two attached hydrogens (primary N) is 1. The van der Waals surface area contributed by atoms with Gasteiger partial charge in [0.05, 0.1) is 0 Å². The number of pyridine rings is 1. The van der Waals surface area contributed by atoms with E-state index in [0.717, 1.165) is 16.9 Å². The van der Waals surface area contributed by atoms with E-state index in [4.69, 9.17) is 10.5 Å². The van der Waals surface area contributed by atoms with E-state index < -0.39 is 0 Å². The van der Waals surface area contributed by atoms with Gasteiger partial charge >= 0.3 is 0 Å². The molecule has 17 heavy (non-hydrogen) atoms. The van der Waals surface area contributed by atoms with Gasteiger partial charge < -0.3 is 10.5 Å². The fourth-order valence-corrected chi connectivity index (χ4v) is 1.59. The molecular weight excluding hydrogens is 212 g/mol. The van der Waals surface area contributed by atoms with Crippen LogP contribution in [0.4, 0.5) is 0 Å². The van der Waals surface area contributed by atoms with E-state index >= 15 is 0 Å². The van der Waals surface area contributed by atoms with E-state index in [9.17, 15) is 0 Å². The molecule has 3 heteroatoms. The van der Waals surface area contributed by atoms with Gasteiger partial charge in [-0.3, -0.25) is 4.98 Å². The minimum atomic E-state index is -0.00701. The van der Waals surface area contributed by atoms with Crippen molar-refractivity contribution in [2.75, 3.05) is 0 Å². The van der Waals surface area contributed by atoms with Crippen LogP contribution >= 0.6 is 0 Å². The van der Waals surface area contributed by atoms with Crippen LogP contribution in [0.25, 0.3) is 0 Å². The number of hydrogen-bond donors (Lipinski definition) is 1. The summed E-state index contributed by atoms with van der Waals surface area (Å²) in [6.07, 6.45) is 3.57. The lowest BCUT2D eigenvalue weighted by atomic mass is 10.2. The molecule has 0 saturated carbocycles. The van der Waals surface area contributed by atoms with Crippen LogP contribution in [0.1, 0.15) is 24.2 Å². The topological polar surface area (TPSA) is 48.1 Å². The zero-order chi connectivity index (χ0) is 12.1. The highest BCUT2D eigenvalue weighted by Gasteiger charge is 2.06. The van der Waals surface area contributed by atoms with Gasteiger partial charge in [-0.1, -0.05) is 18.2 Å². The molecule has 0 radical (unpaired) electrons. The molecule has 1 heterocycles. The Hall–Kier alpha value is -1.87. The number of hydrogen-bond acceptors (Lipinski definition) is 3. The fourth-order valence-electron chi connectivity index (χ4n) is 1.59. The molecular formula is C14H16N2O. The van der Waals surface area contributed by atoms with E-state index in [1.165, 1.54) is 0 Å². The highest BCUT2D eigenvalue weighted by molar-refractivity contribution is 5.28. The van der Waals surface area contributed by atoms with Crippen molar-refractivity contribution in [2.45, 2.75) is 19.6 Å². The maximum atomic E-state index is 5.82. The van der Waals surface area contributed by atoms with Crippen molar-refractivity contribution >= 4 is 0 Å². The lowest BCUT2D eigenvalue weighted by Gasteiger charge is -2.14. The second-order valence-corrected chi connectivity index (χ2v) is 3.89.